The van der Waals surface area contributed by atoms with Crippen LogP contribution in [-0.4, -0.2) is 13.2 Å². The zero-order valence-corrected chi connectivity index (χ0v) is 6.18. The predicted octanol–water partition coefficient (Wildman–Crippen LogP) is 1.33. The molecule has 0 aromatic rings. The number of rotatable bonds is 2. The molecular weight excluding hydrogens is 114 g/mol. The van der Waals surface area contributed by atoms with Crippen molar-refractivity contribution in [2.45, 2.75) is 32.3 Å². The summed E-state index contributed by atoms with van der Waals surface area (Å²) in [6.45, 7) is 2.28. The van der Waals surface area contributed by atoms with Crippen LogP contribution in [0.25, 0.3) is 0 Å². The Morgan fingerprint density at radius 2 is 2.22 bits per heavy atom. The third-order valence-electron chi connectivity index (χ3n) is 1.93. The van der Waals surface area contributed by atoms with E-state index >= 15 is 0 Å². The minimum atomic E-state index is 0.477. The molecule has 2 nitrogen and oxygen atoms in total. The van der Waals surface area contributed by atoms with Crippen molar-refractivity contribution in [3.05, 3.63) is 0 Å². The molecule has 0 bridgehead atoms. The van der Waals surface area contributed by atoms with Crippen LogP contribution in [0.4, 0.5) is 0 Å². The van der Waals surface area contributed by atoms with E-state index in [9.17, 15) is 0 Å². The molecule has 0 saturated heterocycles. The summed E-state index contributed by atoms with van der Waals surface area (Å²) in [6.07, 6.45) is 4.25. The van der Waals surface area contributed by atoms with Gasteiger partial charge >= 0.3 is 0 Å². The number of hydrogen-bond acceptors (Lipinski definition) is 2. The molecule has 1 N–H and O–H groups in total. The first-order valence-corrected chi connectivity index (χ1v) is 3.65. The zero-order valence-electron chi connectivity index (χ0n) is 6.18. The molecule has 2 atom stereocenters. The normalized spacial score (nSPS) is 35.3. The maximum atomic E-state index is 5.22. The average Bonchev–Trinajstić information content (AvgIpc) is 2.17. The molecule has 9 heavy (non-hydrogen) atoms. The van der Waals surface area contributed by atoms with E-state index < -0.39 is 0 Å². The summed E-state index contributed by atoms with van der Waals surface area (Å²) >= 11 is 0. The standard InChI is InChI=1S/C7H15NO/c1-6-3-4-7(5-6)9-8-2/h6-8H,3-5H2,1-2H3. The summed E-state index contributed by atoms with van der Waals surface area (Å²) in [5.74, 6) is 0.864. The van der Waals surface area contributed by atoms with Crippen LogP contribution in [0.3, 0.4) is 0 Å². The molecule has 1 aliphatic carbocycles. The van der Waals surface area contributed by atoms with Crippen molar-refractivity contribution in [3.63, 3.8) is 0 Å². The van der Waals surface area contributed by atoms with E-state index in [1.165, 1.54) is 19.3 Å². The molecule has 0 amide bonds. The fraction of sp³-hybridized carbons (Fsp3) is 1.00. The Labute approximate surface area is 56.5 Å². The van der Waals surface area contributed by atoms with Gasteiger partial charge in [0, 0.05) is 7.05 Å². The van der Waals surface area contributed by atoms with Crippen molar-refractivity contribution < 1.29 is 4.84 Å². The third-order valence-corrected chi connectivity index (χ3v) is 1.93. The van der Waals surface area contributed by atoms with Gasteiger partial charge in [-0.3, -0.25) is 4.84 Å². The highest BCUT2D eigenvalue weighted by Crippen LogP contribution is 2.25. The minimum Gasteiger partial charge on any atom is -0.299 e. The fourth-order valence-electron chi connectivity index (χ4n) is 1.43. The molecule has 2 unspecified atom stereocenters. The highest BCUT2D eigenvalue weighted by molar-refractivity contribution is 4.71. The second kappa shape index (κ2) is 3.18. The van der Waals surface area contributed by atoms with Crippen molar-refractivity contribution >= 4 is 0 Å². The fourth-order valence-corrected chi connectivity index (χ4v) is 1.43. The monoisotopic (exact) mass is 129 g/mol. The second-order valence-corrected chi connectivity index (χ2v) is 2.86. The Morgan fingerprint density at radius 3 is 2.67 bits per heavy atom. The van der Waals surface area contributed by atoms with Gasteiger partial charge in [0.15, 0.2) is 0 Å². The lowest BCUT2D eigenvalue weighted by Crippen LogP contribution is -2.17. The molecule has 54 valence electrons. The molecule has 0 aliphatic heterocycles. The van der Waals surface area contributed by atoms with E-state index in [1.54, 1.807) is 0 Å². The van der Waals surface area contributed by atoms with Gasteiger partial charge in [-0.1, -0.05) is 6.92 Å². The van der Waals surface area contributed by atoms with Gasteiger partial charge in [-0.05, 0) is 25.2 Å². The van der Waals surface area contributed by atoms with Gasteiger partial charge in [0.05, 0.1) is 6.10 Å². The van der Waals surface area contributed by atoms with E-state index in [0.29, 0.717) is 6.10 Å². The predicted molar refractivity (Wildman–Crippen MR) is 36.9 cm³/mol. The second-order valence-electron chi connectivity index (χ2n) is 2.86. The van der Waals surface area contributed by atoms with Crippen LogP contribution in [0.1, 0.15) is 26.2 Å². The molecule has 1 rings (SSSR count). The number of nitrogens with one attached hydrogen (secondary N) is 1. The number of hydrogen-bond donors (Lipinski definition) is 1. The van der Waals surface area contributed by atoms with Crippen LogP contribution in [0.2, 0.25) is 0 Å². The maximum Gasteiger partial charge on any atom is 0.0792 e. The van der Waals surface area contributed by atoms with E-state index in [-0.39, 0.29) is 0 Å². The van der Waals surface area contributed by atoms with Crippen molar-refractivity contribution in [2.75, 3.05) is 7.05 Å². The lowest BCUT2D eigenvalue weighted by Gasteiger charge is -2.07. The van der Waals surface area contributed by atoms with Crippen LogP contribution in [0.5, 0.6) is 0 Å². The van der Waals surface area contributed by atoms with Crippen LogP contribution in [0, 0.1) is 5.92 Å². The Bertz CT molecular complexity index is 83.0. The summed E-state index contributed by atoms with van der Waals surface area (Å²) in [6, 6.07) is 0. The van der Waals surface area contributed by atoms with Crippen LogP contribution < -0.4 is 5.48 Å². The summed E-state index contributed by atoms with van der Waals surface area (Å²) in [4.78, 5) is 5.22. The lowest BCUT2D eigenvalue weighted by atomic mass is 10.1. The van der Waals surface area contributed by atoms with Gasteiger partial charge in [-0.2, -0.15) is 0 Å². The van der Waals surface area contributed by atoms with Gasteiger partial charge in [0.1, 0.15) is 0 Å². The molecule has 1 fully saturated rings. The molecular formula is C7H15NO. The van der Waals surface area contributed by atoms with Crippen LogP contribution in [-0.2, 0) is 4.84 Å². The molecule has 0 aromatic heterocycles. The van der Waals surface area contributed by atoms with Gasteiger partial charge in [-0.15, -0.1) is 0 Å². The van der Waals surface area contributed by atoms with Crippen molar-refractivity contribution in [2.24, 2.45) is 5.92 Å². The van der Waals surface area contributed by atoms with Crippen LogP contribution in [0.15, 0.2) is 0 Å². The SMILES string of the molecule is CNOC1CCC(C)C1. The largest absolute Gasteiger partial charge is 0.299 e. The first-order chi connectivity index (χ1) is 4.33. The third kappa shape index (κ3) is 1.95. The highest BCUT2D eigenvalue weighted by Gasteiger charge is 2.21. The topological polar surface area (TPSA) is 21.3 Å². The molecule has 0 heterocycles. The van der Waals surface area contributed by atoms with Crippen molar-refractivity contribution in [1.29, 1.82) is 0 Å². The quantitative estimate of drug-likeness (QED) is 0.568. The molecule has 0 radical (unpaired) electrons. The first-order valence-electron chi connectivity index (χ1n) is 3.65. The summed E-state index contributed by atoms with van der Waals surface area (Å²) in [5, 5.41) is 0. The smallest absolute Gasteiger partial charge is 0.0792 e. The van der Waals surface area contributed by atoms with E-state index in [1.807, 2.05) is 7.05 Å². The Kier molecular flexibility index (Phi) is 2.49. The molecule has 2 heteroatoms. The summed E-state index contributed by atoms with van der Waals surface area (Å²) in [5.41, 5.74) is 2.73. The van der Waals surface area contributed by atoms with Gasteiger partial charge < -0.3 is 0 Å². The Morgan fingerprint density at radius 1 is 1.44 bits per heavy atom. The summed E-state index contributed by atoms with van der Waals surface area (Å²) in [7, 11) is 1.82. The molecule has 1 saturated carbocycles. The van der Waals surface area contributed by atoms with Crippen molar-refractivity contribution in [3.8, 4) is 0 Å². The first kappa shape index (κ1) is 7.03. The van der Waals surface area contributed by atoms with E-state index in [2.05, 4.69) is 12.4 Å². The zero-order chi connectivity index (χ0) is 6.69. The van der Waals surface area contributed by atoms with Gasteiger partial charge in [0.25, 0.3) is 0 Å². The van der Waals surface area contributed by atoms with Gasteiger partial charge in [0.2, 0.25) is 0 Å². The average molecular weight is 129 g/mol. The van der Waals surface area contributed by atoms with Gasteiger partial charge in [-0.25, -0.2) is 5.48 Å². The van der Waals surface area contributed by atoms with E-state index in [4.69, 9.17) is 4.84 Å². The van der Waals surface area contributed by atoms with Crippen molar-refractivity contribution in [1.82, 2.24) is 5.48 Å². The minimum absolute atomic E-state index is 0.477. The molecule has 0 aromatic carbocycles. The van der Waals surface area contributed by atoms with E-state index in [0.717, 1.165) is 5.92 Å². The molecule has 0 spiro atoms. The summed E-state index contributed by atoms with van der Waals surface area (Å²) < 4.78 is 0. The van der Waals surface area contributed by atoms with Crippen LogP contribution >= 0.6 is 0 Å². The highest BCUT2D eigenvalue weighted by atomic mass is 16.7. The Balaban J connectivity index is 2.14. The Hall–Kier alpha value is -0.0800. The molecule has 1 aliphatic rings. The lowest BCUT2D eigenvalue weighted by molar-refractivity contribution is -0.00902. The maximum absolute atomic E-state index is 5.22. The number of hydroxylamine groups is 1.